The number of nitrogens with zero attached hydrogens (tertiary/aromatic N) is 3. The predicted octanol–water partition coefficient (Wildman–Crippen LogP) is 4.39. The molecular formula is C36H37FN3NaO3S. The van der Waals surface area contributed by atoms with E-state index in [0.29, 0.717) is 25.3 Å². The van der Waals surface area contributed by atoms with Crippen molar-refractivity contribution < 1.29 is 48.6 Å². The van der Waals surface area contributed by atoms with E-state index in [1.54, 1.807) is 31.7 Å². The van der Waals surface area contributed by atoms with Gasteiger partial charge >= 0.3 is 29.6 Å². The Morgan fingerprint density at radius 3 is 2.29 bits per heavy atom. The molecule has 0 atom stereocenters. The maximum absolute atomic E-state index is 13.4. The molecule has 2 aromatic carbocycles. The van der Waals surface area contributed by atoms with Crippen LogP contribution in [0.5, 0.6) is 5.75 Å². The molecule has 9 heteroatoms. The van der Waals surface area contributed by atoms with E-state index in [0.717, 1.165) is 49.6 Å². The number of thioether (sulfide) groups is 1. The van der Waals surface area contributed by atoms with E-state index in [4.69, 9.17) is 4.74 Å². The van der Waals surface area contributed by atoms with Crippen molar-refractivity contribution in [2.45, 2.75) is 70.8 Å². The molecule has 0 N–H and O–H groups in total. The third-order valence-corrected chi connectivity index (χ3v) is 8.61. The smallest absolute Gasteiger partial charge is 0.550 e. The SMILES string of the molecule is Cc1ccc(COc2ccc3c(c2)c(SC(C)(C)C)c(CC(C)(C)C(=O)[O-])n3Cc2ccc(-c3ccc(F)cn3)cc2)nc1.[Na+]. The van der Waals surface area contributed by atoms with Crippen molar-refractivity contribution >= 4 is 28.6 Å². The second-order valence-corrected chi connectivity index (χ2v) is 14.6. The summed E-state index contributed by atoms with van der Waals surface area (Å²) in [6, 6.07) is 21.1. The molecule has 3 heterocycles. The minimum Gasteiger partial charge on any atom is -0.550 e. The second-order valence-electron chi connectivity index (χ2n) is 12.8. The molecule has 0 aliphatic heterocycles. The molecule has 0 fully saturated rings. The third-order valence-electron chi connectivity index (χ3n) is 7.34. The zero-order chi connectivity index (χ0) is 31.6. The summed E-state index contributed by atoms with van der Waals surface area (Å²) >= 11 is 1.73. The van der Waals surface area contributed by atoms with Crippen LogP contribution in [0, 0.1) is 18.2 Å². The molecule has 0 aliphatic carbocycles. The number of pyridine rings is 2. The van der Waals surface area contributed by atoms with Crippen molar-refractivity contribution in [1.29, 1.82) is 0 Å². The molecule has 0 amide bonds. The van der Waals surface area contributed by atoms with Gasteiger partial charge in [0.15, 0.2) is 0 Å². The van der Waals surface area contributed by atoms with Gasteiger partial charge in [-0.1, -0.05) is 65.0 Å². The van der Waals surface area contributed by atoms with Crippen LogP contribution in [-0.2, 0) is 24.4 Å². The van der Waals surface area contributed by atoms with Crippen LogP contribution in [0.1, 0.15) is 57.1 Å². The largest absolute Gasteiger partial charge is 1.00 e. The summed E-state index contributed by atoms with van der Waals surface area (Å²) < 4.78 is 21.6. The van der Waals surface area contributed by atoms with Gasteiger partial charge < -0.3 is 19.2 Å². The number of aliphatic carboxylic acids is 1. The van der Waals surface area contributed by atoms with Gasteiger partial charge in [0.25, 0.3) is 0 Å². The van der Waals surface area contributed by atoms with Crippen LogP contribution in [0.2, 0.25) is 0 Å². The minimum absolute atomic E-state index is 0. The van der Waals surface area contributed by atoms with Gasteiger partial charge in [-0.2, -0.15) is 0 Å². The number of ether oxygens (including phenoxy) is 1. The van der Waals surface area contributed by atoms with E-state index >= 15 is 0 Å². The number of rotatable bonds is 10. The van der Waals surface area contributed by atoms with E-state index < -0.39 is 11.4 Å². The second kappa shape index (κ2) is 14.1. The Bertz CT molecular complexity index is 1780. The number of halogens is 1. The molecule has 228 valence electrons. The Hall–Kier alpha value is -3.17. The summed E-state index contributed by atoms with van der Waals surface area (Å²) in [6.07, 6.45) is 3.34. The third kappa shape index (κ3) is 8.55. The number of hydrogen-bond acceptors (Lipinski definition) is 6. The quantitative estimate of drug-likeness (QED) is 0.168. The van der Waals surface area contributed by atoms with E-state index in [1.165, 1.54) is 12.3 Å². The van der Waals surface area contributed by atoms with Gasteiger partial charge in [-0.3, -0.25) is 9.97 Å². The predicted molar refractivity (Wildman–Crippen MR) is 172 cm³/mol. The maximum atomic E-state index is 13.4. The van der Waals surface area contributed by atoms with Crippen LogP contribution in [0.3, 0.4) is 0 Å². The molecule has 5 rings (SSSR count). The molecule has 3 aromatic heterocycles. The summed E-state index contributed by atoms with van der Waals surface area (Å²) in [4.78, 5) is 21.9. The van der Waals surface area contributed by atoms with Crippen LogP contribution in [0.25, 0.3) is 22.2 Å². The number of aromatic nitrogens is 3. The van der Waals surface area contributed by atoms with Gasteiger partial charge in [0.2, 0.25) is 0 Å². The first-order chi connectivity index (χ1) is 20.8. The van der Waals surface area contributed by atoms with Crippen LogP contribution in [0.4, 0.5) is 4.39 Å². The Morgan fingerprint density at radius 1 is 0.956 bits per heavy atom. The average molecular weight is 634 g/mol. The van der Waals surface area contributed by atoms with Crippen LogP contribution >= 0.6 is 11.8 Å². The number of aryl methyl sites for hydroxylation is 1. The molecule has 6 nitrogen and oxygen atoms in total. The summed E-state index contributed by atoms with van der Waals surface area (Å²) in [6.45, 7) is 12.8. The van der Waals surface area contributed by atoms with Crippen molar-refractivity contribution in [3.63, 3.8) is 0 Å². The maximum Gasteiger partial charge on any atom is 1.00 e. The van der Waals surface area contributed by atoms with Gasteiger partial charge in [0.05, 0.1) is 17.6 Å². The topological polar surface area (TPSA) is 80.1 Å². The number of carbonyl (C=O) groups is 1. The summed E-state index contributed by atoms with van der Waals surface area (Å²) in [7, 11) is 0. The first-order valence-electron chi connectivity index (χ1n) is 14.6. The van der Waals surface area contributed by atoms with E-state index in [2.05, 4.69) is 35.3 Å². The Kier molecular flexibility index (Phi) is 10.9. The van der Waals surface area contributed by atoms with Crippen molar-refractivity contribution in [2.24, 2.45) is 5.41 Å². The molecular weight excluding hydrogens is 596 g/mol. The minimum atomic E-state index is -1.09. The van der Waals surface area contributed by atoms with Crippen LogP contribution in [0.15, 0.2) is 84.0 Å². The summed E-state index contributed by atoms with van der Waals surface area (Å²) in [5.74, 6) is -0.748. The zero-order valence-electron chi connectivity index (χ0n) is 27.0. The molecule has 0 saturated carbocycles. The molecule has 5 aromatic rings. The van der Waals surface area contributed by atoms with Gasteiger partial charge in [-0.05, 0) is 60.9 Å². The first kappa shape index (κ1) is 34.7. The summed E-state index contributed by atoms with van der Waals surface area (Å²) in [5, 5.41) is 13.2. The molecule has 0 saturated heterocycles. The van der Waals surface area contributed by atoms with Gasteiger partial charge in [0.1, 0.15) is 18.2 Å². The fourth-order valence-corrected chi connectivity index (χ4v) is 6.15. The number of carboxylic acids is 1. The fraction of sp³-hybridized carbons (Fsp3) is 0.306. The zero-order valence-corrected chi connectivity index (χ0v) is 29.8. The van der Waals surface area contributed by atoms with Gasteiger partial charge in [0, 0.05) is 55.9 Å². The summed E-state index contributed by atoms with van der Waals surface area (Å²) in [5.41, 5.74) is 5.40. The first-order valence-corrected chi connectivity index (χ1v) is 15.4. The Balaban J connectivity index is 0.00000461. The van der Waals surface area contributed by atoms with Gasteiger partial charge in [-0.25, -0.2) is 4.39 Å². The van der Waals surface area contributed by atoms with Crippen molar-refractivity contribution in [1.82, 2.24) is 14.5 Å². The number of benzene rings is 2. The van der Waals surface area contributed by atoms with Gasteiger partial charge in [-0.15, -0.1) is 11.8 Å². The van der Waals surface area contributed by atoms with E-state index in [-0.39, 0.29) is 40.1 Å². The van der Waals surface area contributed by atoms with Crippen LogP contribution < -0.4 is 39.4 Å². The number of carbonyl (C=O) groups excluding carboxylic acids is 1. The average Bonchev–Trinajstić information content (AvgIpc) is 3.23. The van der Waals surface area contributed by atoms with E-state index in [1.807, 2.05) is 67.7 Å². The Morgan fingerprint density at radius 2 is 1.69 bits per heavy atom. The number of hydrogen-bond donors (Lipinski definition) is 0. The standard InChI is InChI=1S/C36H38FN3O3S.Na/c1-23-7-13-27(38-19-23)22-43-28-14-16-31-29(17-28)33(44-35(2,3)4)32(18-36(5,6)34(41)42)40(31)21-24-8-10-25(11-9-24)30-15-12-26(37)20-39-30;/h7-17,19-20H,18,21-22H2,1-6H3,(H,41,42);/q;+1/p-1. The van der Waals surface area contributed by atoms with Crippen molar-refractivity contribution in [3.8, 4) is 17.0 Å². The van der Waals surface area contributed by atoms with Crippen molar-refractivity contribution in [3.05, 3.63) is 107 Å². The molecule has 0 radical (unpaired) electrons. The Labute approximate surface area is 290 Å². The number of fused-ring (bicyclic) bond motifs is 1. The molecule has 0 unspecified atom stereocenters. The monoisotopic (exact) mass is 633 g/mol. The molecule has 45 heavy (non-hydrogen) atoms. The molecule has 0 aliphatic rings. The van der Waals surface area contributed by atoms with Crippen LogP contribution in [-0.4, -0.2) is 25.3 Å². The number of carboxylic acid groups (broad SMARTS) is 1. The normalized spacial score (nSPS) is 11.8. The fourth-order valence-electron chi connectivity index (χ4n) is 4.96. The van der Waals surface area contributed by atoms with E-state index in [9.17, 15) is 14.3 Å². The molecule has 0 bridgehead atoms. The molecule has 0 spiro atoms. The van der Waals surface area contributed by atoms with Crippen molar-refractivity contribution in [2.75, 3.05) is 0 Å².